The van der Waals surface area contributed by atoms with Gasteiger partial charge in [-0.25, -0.2) is 0 Å². The number of carbonyl (C=O) groups excluding carboxylic acids is 4. The third-order valence-corrected chi connectivity index (χ3v) is 5.57. The predicted octanol–water partition coefficient (Wildman–Crippen LogP) is 3.61. The molecule has 1 N–H and O–H groups in total. The summed E-state index contributed by atoms with van der Waals surface area (Å²) in [6.07, 6.45) is 1.80. The van der Waals surface area contributed by atoms with Crippen molar-refractivity contribution in [2.75, 3.05) is 24.7 Å². The molecule has 2 amide bonds. The van der Waals surface area contributed by atoms with E-state index in [-0.39, 0.29) is 30.6 Å². The van der Waals surface area contributed by atoms with Gasteiger partial charge in [-0.05, 0) is 24.5 Å². The average Bonchev–Trinajstić information content (AvgIpc) is 3.00. The number of nitrogens with one attached hydrogen (secondary N) is 1. The lowest BCUT2D eigenvalue weighted by molar-refractivity contribution is -0.142. The first-order valence-corrected chi connectivity index (χ1v) is 10.8. The van der Waals surface area contributed by atoms with Gasteiger partial charge in [-0.15, -0.1) is 11.8 Å². The first kappa shape index (κ1) is 22.3. The number of ketones is 1. The Labute approximate surface area is 184 Å². The van der Waals surface area contributed by atoms with Gasteiger partial charge in [-0.1, -0.05) is 30.8 Å². The molecular formula is C23H22N2O5S. The van der Waals surface area contributed by atoms with Crippen molar-refractivity contribution in [1.82, 2.24) is 4.90 Å². The maximum Gasteiger partial charge on any atom is 0.308 e. The maximum absolute atomic E-state index is 12.5. The molecule has 1 aliphatic heterocycles. The van der Waals surface area contributed by atoms with Crippen LogP contribution in [0.1, 0.15) is 39.6 Å². The number of fused-ring (bicyclic) bond motifs is 1. The molecule has 3 rings (SSSR count). The topological polar surface area (TPSA) is 92.8 Å². The number of anilines is 1. The Kier molecular flexibility index (Phi) is 6.91. The molecule has 160 valence electrons. The van der Waals surface area contributed by atoms with E-state index in [0.29, 0.717) is 22.5 Å². The summed E-state index contributed by atoms with van der Waals surface area (Å²) in [7, 11) is 0. The number of hydrogen-bond acceptors (Lipinski definition) is 6. The number of ether oxygens (including phenoxy) is 1. The molecule has 2 aromatic carbocycles. The molecule has 31 heavy (non-hydrogen) atoms. The minimum absolute atomic E-state index is 0.0609. The number of amides is 2. The molecule has 8 heteroatoms. The molecule has 0 saturated carbocycles. The fraction of sp³-hybridized carbons (Fsp3) is 0.217. The van der Waals surface area contributed by atoms with Crippen molar-refractivity contribution in [1.29, 1.82) is 0 Å². The SMILES string of the molecule is C=C1c2ccccc2C(=O)N1CCC(=O)OCC(=O)c1ccc(SC)c(NC(C)=O)c1. The minimum atomic E-state index is -0.590. The van der Waals surface area contributed by atoms with Crippen LogP contribution in [0.4, 0.5) is 5.69 Å². The summed E-state index contributed by atoms with van der Waals surface area (Å²) in [5.41, 5.74) is 2.71. The Morgan fingerprint density at radius 2 is 1.84 bits per heavy atom. The van der Waals surface area contributed by atoms with Crippen LogP contribution in [0.5, 0.6) is 0 Å². The van der Waals surface area contributed by atoms with Crippen LogP contribution in [0.3, 0.4) is 0 Å². The normalized spacial score (nSPS) is 12.5. The van der Waals surface area contributed by atoms with Crippen molar-refractivity contribution < 1.29 is 23.9 Å². The smallest absolute Gasteiger partial charge is 0.308 e. The van der Waals surface area contributed by atoms with Gasteiger partial charge < -0.3 is 15.0 Å². The zero-order chi connectivity index (χ0) is 22.5. The molecule has 1 aliphatic rings. The Morgan fingerprint density at radius 1 is 1.13 bits per heavy atom. The second-order valence-corrected chi connectivity index (χ2v) is 7.73. The molecule has 0 atom stereocenters. The van der Waals surface area contributed by atoms with Crippen molar-refractivity contribution in [3.05, 3.63) is 65.7 Å². The van der Waals surface area contributed by atoms with Gasteiger partial charge in [0, 0.05) is 40.8 Å². The van der Waals surface area contributed by atoms with Gasteiger partial charge in [0.2, 0.25) is 5.91 Å². The molecule has 0 aromatic heterocycles. The number of hydrogen-bond donors (Lipinski definition) is 1. The summed E-state index contributed by atoms with van der Waals surface area (Å²) in [4.78, 5) is 50.6. The number of carbonyl (C=O) groups is 4. The lowest BCUT2D eigenvalue weighted by Crippen LogP contribution is -2.26. The highest BCUT2D eigenvalue weighted by Crippen LogP contribution is 2.31. The summed E-state index contributed by atoms with van der Waals surface area (Å²) in [6, 6.07) is 12.0. The van der Waals surface area contributed by atoms with Gasteiger partial charge >= 0.3 is 5.97 Å². The zero-order valence-electron chi connectivity index (χ0n) is 17.3. The Morgan fingerprint density at radius 3 is 2.48 bits per heavy atom. The van der Waals surface area contributed by atoms with E-state index in [1.165, 1.54) is 23.6 Å². The molecule has 1 heterocycles. The minimum Gasteiger partial charge on any atom is -0.457 e. The van der Waals surface area contributed by atoms with E-state index in [0.717, 1.165) is 10.5 Å². The lowest BCUT2D eigenvalue weighted by atomic mass is 10.1. The van der Waals surface area contributed by atoms with Gasteiger partial charge in [-0.2, -0.15) is 0 Å². The highest BCUT2D eigenvalue weighted by atomic mass is 32.2. The van der Waals surface area contributed by atoms with E-state index >= 15 is 0 Å². The summed E-state index contributed by atoms with van der Waals surface area (Å²) < 4.78 is 5.09. The van der Waals surface area contributed by atoms with E-state index < -0.39 is 12.6 Å². The number of benzene rings is 2. The molecule has 0 aliphatic carbocycles. The molecule has 2 aromatic rings. The van der Waals surface area contributed by atoms with Crippen molar-refractivity contribution in [3.63, 3.8) is 0 Å². The first-order valence-electron chi connectivity index (χ1n) is 9.56. The van der Waals surface area contributed by atoms with Crippen LogP contribution < -0.4 is 5.32 Å². The molecule has 0 radical (unpaired) electrons. The fourth-order valence-electron chi connectivity index (χ4n) is 3.24. The van der Waals surface area contributed by atoms with Crippen LogP contribution in [0.2, 0.25) is 0 Å². The maximum atomic E-state index is 12.5. The van der Waals surface area contributed by atoms with Crippen LogP contribution in [-0.4, -0.2) is 47.9 Å². The number of Topliss-reactive ketones (excluding diaryl/α,β-unsaturated/α-hetero) is 1. The van der Waals surface area contributed by atoms with Crippen LogP contribution in [0, 0.1) is 0 Å². The van der Waals surface area contributed by atoms with Crippen molar-refractivity contribution in [2.24, 2.45) is 0 Å². The highest BCUT2D eigenvalue weighted by Gasteiger charge is 2.30. The quantitative estimate of drug-likeness (QED) is 0.385. The van der Waals surface area contributed by atoms with Gasteiger partial charge in [0.15, 0.2) is 12.4 Å². The van der Waals surface area contributed by atoms with Gasteiger partial charge in [-0.3, -0.25) is 19.2 Å². The number of nitrogens with zero attached hydrogens (tertiary/aromatic N) is 1. The van der Waals surface area contributed by atoms with E-state index in [9.17, 15) is 19.2 Å². The van der Waals surface area contributed by atoms with E-state index in [4.69, 9.17) is 4.74 Å². The van der Waals surface area contributed by atoms with Crippen LogP contribution >= 0.6 is 11.8 Å². The second kappa shape index (κ2) is 9.61. The fourth-order valence-corrected chi connectivity index (χ4v) is 3.78. The molecular weight excluding hydrogens is 416 g/mol. The molecule has 7 nitrogen and oxygen atoms in total. The highest BCUT2D eigenvalue weighted by molar-refractivity contribution is 7.98. The molecule has 0 saturated heterocycles. The van der Waals surface area contributed by atoms with Gasteiger partial charge in [0.05, 0.1) is 12.1 Å². The van der Waals surface area contributed by atoms with Crippen molar-refractivity contribution in [2.45, 2.75) is 18.2 Å². The van der Waals surface area contributed by atoms with Crippen LogP contribution in [0.15, 0.2) is 53.9 Å². The number of thioether (sulfide) groups is 1. The van der Waals surface area contributed by atoms with Crippen molar-refractivity contribution in [3.8, 4) is 0 Å². The van der Waals surface area contributed by atoms with Gasteiger partial charge in [0.25, 0.3) is 5.91 Å². The molecule has 0 fully saturated rings. The Bertz CT molecular complexity index is 1040. The Balaban J connectivity index is 1.54. The monoisotopic (exact) mass is 438 g/mol. The average molecular weight is 439 g/mol. The first-order chi connectivity index (χ1) is 14.8. The lowest BCUT2D eigenvalue weighted by Gasteiger charge is -2.16. The van der Waals surface area contributed by atoms with E-state index in [1.807, 2.05) is 18.4 Å². The summed E-state index contributed by atoms with van der Waals surface area (Å²) >= 11 is 1.44. The number of esters is 1. The Hall–Kier alpha value is -3.39. The zero-order valence-corrected chi connectivity index (χ0v) is 18.1. The summed E-state index contributed by atoms with van der Waals surface area (Å²) in [5.74, 6) is -1.43. The van der Waals surface area contributed by atoms with Crippen LogP contribution in [-0.2, 0) is 14.3 Å². The third kappa shape index (κ3) is 5.03. The molecule has 0 bridgehead atoms. The predicted molar refractivity (Wildman–Crippen MR) is 119 cm³/mol. The van der Waals surface area contributed by atoms with Crippen LogP contribution in [0.25, 0.3) is 5.70 Å². The largest absolute Gasteiger partial charge is 0.457 e. The van der Waals surface area contributed by atoms with E-state index in [2.05, 4.69) is 11.9 Å². The number of rotatable bonds is 8. The second-order valence-electron chi connectivity index (χ2n) is 6.88. The molecule has 0 spiro atoms. The van der Waals surface area contributed by atoms with Crippen molar-refractivity contribution >= 4 is 46.7 Å². The third-order valence-electron chi connectivity index (χ3n) is 4.78. The van der Waals surface area contributed by atoms with Gasteiger partial charge in [0.1, 0.15) is 0 Å². The summed E-state index contributed by atoms with van der Waals surface area (Å²) in [6.45, 7) is 5.01. The van der Waals surface area contributed by atoms with E-state index in [1.54, 1.807) is 30.3 Å². The standard InChI is InChI=1S/C23H22N2O5S/c1-14-17-6-4-5-7-18(17)23(29)25(14)11-10-22(28)30-13-20(27)16-8-9-21(31-3)19(12-16)24-15(2)26/h4-9,12H,1,10-11,13H2,2-3H3,(H,24,26). The summed E-state index contributed by atoms with van der Waals surface area (Å²) in [5, 5.41) is 2.69. The molecule has 0 unspecified atom stereocenters.